The van der Waals surface area contributed by atoms with Crippen molar-refractivity contribution < 1.29 is 0 Å². The molecular formula is C18H15N3O. The lowest BCUT2D eigenvalue weighted by atomic mass is 10.0. The number of H-pyrrole nitrogens is 1. The Labute approximate surface area is 128 Å². The van der Waals surface area contributed by atoms with E-state index < -0.39 is 0 Å². The van der Waals surface area contributed by atoms with E-state index in [2.05, 4.69) is 28.1 Å². The van der Waals surface area contributed by atoms with Crippen LogP contribution in [0.1, 0.15) is 11.1 Å². The summed E-state index contributed by atoms with van der Waals surface area (Å²) in [5.41, 5.74) is 3.14. The lowest BCUT2D eigenvalue weighted by molar-refractivity contribution is 0.427. The van der Waals surface area contributed by atoms with Gasteiger partial charge in [0.15, 0.2) is 0 Å². The molecule has 0 saturated heterocycles. The number of allylic oxidation sites excluding steroid dienone is 2. The Morgan fingerprint density at radius 2 is 2.05 bits per heavy atom. The molecule has 0 spiro atoms. The second kappa shape index (κ2) is 6.15. The summed E-state index contributed by atoms with van der Waals surface area (Å²) in [6, 6.07) is 15.7. The standard InChI is InChI=1S/C18H15N3O/c19-12-16-7-4-10-21(13-14-5-2-1-3-6-14)18(16)15-8-9-20-17(22)11-15/h1-9,11H,10,13H2,(H,20,22). The molecule has 1 aromatic carbocycles. The molecule has 0 saturated carbocycles. The van der Waals surface area contributed by atoms with Gasteiger partial charge >= 0.3 is 0 Å². The number of nitriles is 1. The Morgan fingerprint density at radius 1 is 1.23 bits per heavy atom. The van der Waals surface area contributed by atoms with Crippen molar-refractivity contribution in [2.75, 3.05) is 6.54 Å². The van der Waals surface area contributed by atoms with Gasteiger partial charge in [-0.2, -0.15) is 5.26 Å². The van der Waals surface area contributed by atoms with Crippen LogP contribution in [0.5, 0.6) is 0 Å². The Morgan fingerprint density at radius 3 is 2.77 bits per heavy atom. The van der Waals surface area contributed by atoms with Crippen LogP contribution in [0.25, 0.3) is 5.70 Å². The van der Waals surface area contributed by atoms with Crippen molar-refractivity contribution in [2.24, 2.45) is 0 Å². The van der Waals surface area contributed by atoms with E-state index in [0.717, 1.165) is 16.8 Å². The summed E-state index contributed by atoms with van der Waals surface area (Å²) in [6.07, 6.45) is 5.40. The lowest BCUT2D eigenvalue weighted by Crippen LogP contribution is -2.26. The van der Waals surface area contributed by atoms with Crippen LogP contribution in [0.4, 0.5) is 0 Å². The molecule has 0 fully saturated rings. The van der Waals surface area contributed by atoms with Gasteiger partial charge < -0.3 is 9.88 Å². The Hall–Kier alpha value is -3.06. The molecule has 22 heavy (non-hydrogen) atoms. The maximum atomic E-state index is 11.6. The van der Waals surface area contributed by atoms with Crippen LogP contribution >= 0.6 is 0 Å². The number of aromatic amines is 1. The predicted octanol–water partition coefficient (Wildman–Crippen LogP) is 2.68. The second-order valence-corrected chi connectivity index (χ2v) is 5.08. The first-order valence-electron chi connectivity index (χ1n) is 7.07. The Bertz CT molecular complexity index is 825. The van der Waals surface area contributed by atoms with Gasteiger partial charge in [-0.3, -0.25) is 4.79 Å². The van der Waals surface area contributed by atoms with E-state index in [1.54, 1.807) is 6.20 Å². The summed E-state index contributed by atoms with van der Waals surface area (Å²) in [5.74, 6) is 0. The molecular weight excluding hydrogens is 274 g/mol. The molecule has 1 aliphatic rings. The Balaban J connectivity index is 2.03. The van der Waals surface area contributed by atoms with E-state index in [1.807, 2.05) is 36.4 Å². The zero-order valence-electron chi connectivity index (χ0n) is 12.0. The van der Waals surface area contributed by atoms with Crippen LogP contribution in [0.15, 0.2) is 71.2 Å². The number of nitrogens with zero attached hydrogens (tertiary/aromatic N) is 2. The van der Waals surface area contributed by atoms with Gasteiger partial charge in [0.1, 0.15) is 6.07 Å². The third kappa shape index (κ3) is 2.84. The highest BCUT2D eigenvalue weighted by Gasteiger charge is 2.19. The molecule has 4 nitrogen and oxygen atoms in total. The van der Waals surface area contributed by atoms with Crippen molar-refractivity contribution in [1.29, 1.82) is 5.26 Å². The van der Waals surface area contributed by atoms with Gasteiger partial charge in [-0.1, -0.05) is 36.4 Å². The van der Waals surface area contributed by atoms with Crippen LogP contribution in [-0.4, -0.2) is 16.4 Å². The SMILES string of the molecule is N#CC1=C(c2cc[nH]c(=O)c2)N(Cc2ccccc2)CC=C1. The van der Waals surface area contributed by atoms with Gasteiger partial charge in [0.2, 0.25) is 5.56 Å². The van der Waals surface area contributed by atoms with E-state index in [4.69, 9.17) is 0 Å². The van der Waals surface area contributed by atoms with E-state index in [9.17, 15) is 10.1 Å². The van der Waals surface area contributed by atoms with Crippen molar-refractivity contribution in [3.8, 4) is 6.07 Å². The first kappa shape index (κ1) is 13.9. The van der Waals surface area contributed by atoms with Gasteiger partial charge in [-0.25, -0.2) is 0 Å². The minimum Gasteiger partial charge on any atom is -0.362 e. The molecule has 4 heteroatoms. The molecule has 0 radical (unpaired) electrons. The highest BCUT2D eigenvalue weighted by molar-refractivity contribution is 5.74. The van der Waals surface area contributed by atoms with Crippen molar-refractivity contribution in [2.45, 2.75) is 6.54 Å². The number of hydrogen-bond acceptors (Lipinski definition) is 3. The van der Waals surface area contributed by atoms with Gasteiger partial charge in [0, 0.05) is 30.9 Å². The first-order valence-corrected chi connectivity index (χ1v) is 7.07. The normalized spacial score (nSPS) is 14.0. The number of nitrogens with one attached hydrogen (secondary N) is 1. The molecule has 0 amide bonds. The van der Waals surface area contributed by atoms with Gasteiger partial charge in [-0.15, -0.1) is 0 Å². The zero-order valence-corrected chi connectivity index (χ0v) is 12.0. The second-order valence-electron chi connectivity index (χ2n) is 5.08. The Kier molecular flexibility index (Phi) is 3.88. The highest BCUT2D eigenvalue weighted by Crippen LogP contribution is 2.27. The molecule has 0 atom stereocenters. The van der Waals surface area contributed by atoms with E-state index in [1.165, 1.54) is 6.07 Å². The quantitative estimate of drug-likeness (QED) is 0.945. The maximum absolute atomic E-state index is 11.6. The summed E-state index contributed by atoms with van der Waals surface area (Å²) >= 11 is 0. The summed E-state index contributed by atoms with van der Waals surface area (Å²) in [6.45, 7) is 1.40. The van der Waals surface area contributed by atoms with Gasteiger partial charge in [0.25, 0.3) is 0 Å². The topological polar surface area (TPSA) is 59.9 Å². The fourth-order valence-corrected chi connectivity index (χ4v) is 2.61. The van der Waals surface area contributed by atoms with Crippen molar-refractivity contribution >= 4 is 5.70 Å². The van der Waals surface area contributed by atoms with E-state index in [-0.39, 0.29) is 5.56 Å². The van der Waals surface area contributed by atoms with Crippen molar-refractivity contribution in [3.63, 3.8) is 0 Å². The summed E-state index contributed by atoms with van der Waals surface area (Å²) in [5, 5.41) is 9.40. The summed E-state index contributed by atoms with van der Waals surface area (Å²) in [4.78, 5) is 16.3. The highest BCUT2D eigenvalue weighted by atomic mass is 16.1. The monoisotopic (exact) mass is 289 g/mol. The maximum Gasteiger partial charge on any atom is 0.248 e. The fourth-order valence-electron chi connectivity index (χ4n) is 2.61. The molecule has 0 aliphatic carbocycles. The third-order valence-corrected chi connectivity index (χ3v) is 3.57. The minimum absolute atomic E-state index is 0.170. The average molecular weight is 289 g/mol. The van der Waals surface area contributed by atoms with Crippen LogP contribution in [0.2, 0.25) is 0 Å². The minimum atomic E-state index is -0.170. The zero-order chi connectivity index (χ0) is 15.4. The van der Waals surface area contributed by atoms with Crippen LogP contribution in [0.3, 0.4) is 0 Å². The molecule has 1 aromatic heterocycles. The predicted molar refractivity (Wildman–Crippen MR) is 85.6 cm³/mol. The molecule has 0 bridgehead atoms. The molecule has 0 unspecified atom stereocenters. The number of rotatable bonds is 3. The molecule has 2 aromatic rings. The average Bonchev–Trinajstić information content (AvgIpc) is 2.55. The fraction of sp³-hybridized carbons (Fsp3) is 0.111. The van der Waals surface area contributed by atoms with E-state index >= 15 is 0 Å². The molecule has 1 N–H and O–H groups in total. The van der Waals surface area contributed by atoms with Gasteiger partial charge in [-0.05, 0) is 17.7 Å². The smallest absolute Gasteiger partial charge is 0.248 e. The summed E-state index contributed by atoms with van der Waals surface area (Å²) in [7, 11) is 0. The molecule has 108 valence electrons. The third-order valence-electron chi connectivity index (χ3n) is 3.57. The van der Waals surface area contributed by atoms with Gasteiger partial charge in [0.05, 0.1) is 11.3 Å². The molecule has 2 heterocycles. The van der Waals surface area contributed by atoms with Crippen LogP contribution in [-0.2, 0) is 6.54 Å². The lowest BCUT2D eigenvalue weighted by Gasteiger charge is -2.29. The largest absolute Gasteiger partial charge is 0.362 e. The van der Waals surface area contributed by atoms with Crippen LogP contribution < -0.4 is 5.56 Å². The summed E-state index contributed by atoms with van der Waals surface area (Å²) < 4.78 is 0. The number of aromatic nitrogens is 1. The number of benzene rings is 1. The molecule has 1 aliphatic heterocycles. The number of hydrogen-bond donors (Lipinski definition) is 1. The number of pyridine rings is 1. The van der Waals surface area contributed by atoms with E-state index in [0.29, 0.717) is 18.7 Å². The molecule has 3 rings (SSSR count). The van der Waals surface area contributed by atoms with Crippen molar-refractivity contribution in [1.82, 2.24) is 9.88 Å². The first-order chi connectivity index (χ1) is 10.8. The van der Waals surface area contributed by atoms with Crippen molar-refractivity contribution in [3.05, 3.63) is 87.9 Å². The van der Waals surface area contributed by atoms with Crippen LogP contribution in [0, 0.1) is 11.3 Å².